The molecule has 2 unspecified atom stereocenters. The number of carbonyl (C=O) groups is 1. The van der Waals surface area contributed by atoms with Crippen LogP contribution < -0.4 is 4.90 Å². The number of hydrogen-bond acceptors (Lipinski definition) is 4. The molecule has 1 N–H and O–H groups in total. The lowest BCUT2D eigenvalue weighted by Gasteiger charge is -2.22. The van der Waals surface area contributed by atoms with Crippen LogP contribution in [-0.4, -0.2) is 33.7 Å². The number of halogens is 1. The third-order valence-electron chi connectivity index (χ3n) is 4.84. The van der Waals surface area contributed by atoms with Gasteiger partial charge in [-0.15, -0.1) is 0 Å². The summed E-state index contributed by atoms with van der Waals surface area (Å²) in [4.78, 5) is 16.7. The number of aromatic nitrogens is 2. The maximum absolute atomic E-state index is 14.7. The molecule has 2 heterocycles. The zero-order chi connectivity index (χ0) is 16.8. The Kier molecular flexibility index (Phi) is 3.27. The molecule has 1 aliphatic carbocycles. The van der Waals surface area contributed by atoms with Gasteiger partial charge in [0.1, 0.15) is 17.4 Å². The Morgan fingerprint density at radius 2 is 2.17 bits per heavy atom. The molecule has 6 nitrogen and oxygen atoms in total. The van der Waals surface area contributed by atoms with Gasteiger partial charge in [0.2, 0.25) is 0 Å². The predicted molar refractivity (Wildman–Crippen MR) is 83.2 cm³/mol. The van der Waals surface area contributed by atoms with Crippen LogP contribution in [0.2, 0.25) is 0 Å². The zero-order valence-corrected chi connectivity index (χ0v) is 12.8. The van der Waals surface area contributed by atoms with Crippen LogP contribution >= 0.6 is 0 Å². The predicted octanol–water partition coefficient (Wildman–Crippen LogP) is 2.10. The summed E-state index contributed by atoms with van der Waals surface area (Å²) in [5, 5.41) is 18.3. The van der Waals surface area contributed by atoms with Crippen molar-refractivity contribution in [2.24, 2.45) is 11.8 Å². The van der Waals surface area contributed by atoms with E-state index in [-0.39, 0.29) is 17.8 Å². The van der Waals surface area contributed by atoms with Gasteiger partial charge in [-0.05, 0) is 24.3 Å². The van der Waals surface area contributed by atoms with Crippen LogP contribution in [-0.2, 0) is 6.54 Å². The van der Waals surface area contributed by atoms with Crippen molar-refractivity contribution in [3.05, 3.63) is 47.3 Å². The topological polar surface area (TPSA) is 82.2 Å². The van der Waals surface area contributed by atoms with Crippen LogP contribution in [0.5, 0.6) is 0 Å². The van der Waals surface area contributed by atoms with Crippen molar-refractivity contribution in [1.82, 2.24) is 9.55 Å². The number of piperidine rings is 1. The standard InChI is InChI=1S/C17H15FN4O2/c18-16-10(5-21-8-14(17(23)24)20-9-21)1-2-15(13(16)4-19)22-6-11-3-12(11)7-22/h1-2,8-9,11-12H,3,5-7H2,(H,23,24). The summed E-state index contributed by atoms with van der Waals surface area (Å²) in [5.41, 5.74) is 0.966. The third-order valence-corrected chi connectivity index (χ3v) is 4.84. The number of fused-ring (bicyclic) bond motifs is 1. The molecule has 122 valence electrons. The van der Waals surface area contributed by atoms with Crippen molar-refractivity contribution in [3.8, 4) is 6.07 Å². The highest BCUT2D eigenvalue weighted by atomic mass is 19.1. The quantitative estimate of drug-likeness (QED) is 0.930. The van der Waals surface area contributed by atoms with Crippen LogP contribution in [0.1, 0.15) is 28.0 Å². The van der Waals surface area contributed by atoms with E-state index >= 15 is 0 Å². The van der Waals surface area contributed by atoms with Gasteiger partial charge in [-0.1, -0.05) is 6.07 Å². The molecule has 1 aromatic heterocycles. The van der Waals surface area contributed by atoms with Crippen molar-refractivity contribution < 1.29 is 14.3 Å². The highest BCUT2D eigenvalue weighted by Crippen LogP contribution is 2.47. The minimum Gasteiger partial charge on any atom is -0.476 e. The lowest BCUT2D eigenvalue weighted by atomic mass is 10.1. The summed E-state index contributed by atoms with van der Waals surface area (Å²) >= 11 is 0. The summed E-state index contributed by atoms with van der Waals surface area (Å²) < 4.78 is 16.2. The Labute approximate surface area is 137 Å². The molecular formula is C17H15FN4O2. The lowest BCUT2D eigenvalue weighted by Crippen LogP contribution is -2.23. The van der Waals surface area contributed by atoms with Crippen molar-refractivity contribution in [3.63, 3.8) is 0 Å². The van der Waals surface area contributed by atoms with Gasteiger partial charge in [0.15, 0.2) is 5.69 Å². The molecule has 2 aromatic rings. The second-order valence-corrected chi connectivity index (χ2v) is 6.44. The molecule has 2 aliphatic rings. The fourth-order valence-electron chi connectivity index (χ4n) is 3.45. The highest BCUT2D eigenvalue weighted by molar-refractivity contribution is 5.84. The van der Waals surface area contributed by atoms with E-state index < -0.39 is 11.8 Å². The van der Waals surface area contributed by atoms with Crippen LogP contribution in [0.15, 0.2) is 24.7 Å². The van der Waals surface area contributed by atoms with Gasteiger partial charge in [-0.2, -0.15) is 5.26 Å². The lowest BCUT2D eigenvalue weighted by molar-refractivity contribution is 0.0691. The van der Waals surface area contributed by atoms with E-state index in [0.717, 1.165) is 13.1 Å². The number of aromatic carboxylic acids is 1. The van der Waals surface area contributed by atoms with Gasteiger partial charge in [-0.3, -0.25) is 0 Å². The minimum absolute atomic E-state index is 0.0624. The first-order chi connectivity index (χ1) is 11.6. The first-order valence-electron chi connectivity index (χ1n) is 7.78. The molecule has 24 heavy (non-hydrogen) atoms. The molecule has 7 heteroatoms. The van der Waals surface area contributed by atoms with Gasteiger partial charge in [0.25, 0.3) is 0 Å². The Morgan fingerprint density at radius 1 is 1.42 bits per heavy atom. The summed E-state index contributed by atoms with van der Waals surface area (Å²) in [6.45, 7) is 1.91. The molecule has 0 amide bonds. The largest absolute Gasteiger partial charge is 0.476 e. The number of rotatable bonds is 4. The van der Waals surface area contributed by atoms with Gasteiger partial charge in [0.05, 0.1) is 18.6 Å². The van der Waals surface area contributed by atoms with Crippen LogP contribution in [0, 0.1) is 29.0 Å². The van der Waals surface area contributed by atoms with E-state index in [2.05, 4.69) is 9.88 Å². The first kappa shape index (κ1) is 14.7. The number of benzene rings is 1. The molecule has 4 rings (SSSR count). The zero-order valence-electron chi connectivity index (χ0n) is 12.8. The molecule has 1 aliphatic heterocycles. The average Bonchev–Trinajstić information content (AvgIpc) is 2.98. The van der Waals surface area contributed by atoms with Gasteiger partial charge < -0.3 is 14.6 Å². The van der Waals surface area contributed by atoms with Crippen molar-refractivity contribution in [1.29, 1.82) is 5.26 Å². The Morgan fingerprint density at radius 3 is 2.79 bits per heavy atom. The SMILES string of the molecule is N#Cc1c(N2CC3CC3C2)ccc(Cn2cnc(C(=O)O)c2)c1F. The van der Waals surface area contributed by atoms with Crippen molar-refractivity contribution in [2.75, 3.05) is 18.0 Å². The summed E-state index contributed by atoms with van der Waals surface area (Å²) in [7, 11) is 0. The van der Waals surface area contributed by atoms with Crippen molar-refractivity contribution >= 4 is 11.7 Å². The summed E-state index contributed by atoms with van der Waals surface area (Å²) in [5.74, 6) is -0.282. The molecule has 1 saturated heterocycles. The Hall–Kier alpha value is -2.88. The van der Waals surface area contributed by atoms with Crippen LogP contribution in [0.3, 0.4) is 0 Å². The summed E-state index contributed by atoms with van der Waals surface area (Å²) in [6, 6.07) is 5.44. The van der Waals surface area contributed by atoms with Crippen LogP contribution in [0.25, 0.3) is 0 Å². The fourth-order valence-corrected chi connectivity index (χ4v) is 3.45. The van der Waals surface area contributed by atoms with Gasteiger partial charge >= 0.3 is 5.97 Å². The molecule has 0 bridgehead atoms. The van der Waals surface area contributed by atoms with Gasteiger partial charge in [-0.25, -0.2) is 14.2 Å². The molecule has 0 spiro atoms. The average molecular weight is 326 g/mol. The normalized spacial score (nSPS) is 21.4. The second-order valence-electron chi connectivity index (χ2n) is 6.44. The number of hydrogen-bond donors (Lipinski definition) is 1. The Balaban J connectivity index is 1.62. The number of nitriles is 1. The van der Waals surface area contributed by atoms with Crippen molar-refractivity contribution in [2.45, 2.75) is 13.0 Å². The van der Waals surface area contributed by atoms with Crippen LogP contribution in [0.4, 0.5) is 10.1 Å². The van der Waals surface area contributed by atoms with E-state index in [0.29, 0.717) is 23.1 Å². The number of carboxylic acids is 1. The number of anilines is 1. The minimum atomic E-state index is -1.13. The first-order valence-corrected chi connectivity index (χ1v) is 7.78. The Bertz CT molecular complexity index is 860. The molecule has 2 fully saturated rings. The second kappa shape index (κ2) is 5.34. The molecule has 1 saturated carbocycles. The molecule has 0 radical (unpaired) electrons. The maximum atomic E-state index is 14.7. The smallest absolute Gasteiger partial charge is 0.356 e. The third kappa shape index (κ3) is 2.40. The number of carboxylic acid groups (broad SMARTS) is 1. The van der Waals surface area contributed by atoms with E-state index in [1.807, 2.05) is 6.07 Å². The van der Waals surface area contributed by atoms with E-state index in [1.165, 1.54) is 23.5 Å². The molecular weight excluding hydrogens is 311 g/mol. The maximum Gasteiger partial charge on any atom is 0.356 e. The highest BCUT2D eigenvalue weighted by Gasteiger charge is 2.45. The van der Waals surface area contributed by atoms with E-state index in [9.17, 15) is 14.4 Å². The monoisotopic (exact) mass is 326 g/mol. The fraction of sp³-hybridized carbons (Fsp3) is 0.353. The number of imidazole rings is 1. The molecule has 1 aromatic carbocycles. The molecule has 2 atom stereocenters. The number of nitrogens with zero attached hydrogens (tertiary/aromatic N) is 4. The summed E-state index contributed by atoms with van der Waals surface area (Å²) in [6.07, 6.45) is 3.93. The van der Waals surface area contributed by atoms with E-state index in [4.69, 9.17) is 5.11 Å². The van der Waals surface area contributed by atoms with Gasteiger partial charge in [0, 0.05) is 24.8 Å². The van der Waals surface area contributed by atoms with E-state index in [1.54, 1.807) is 12.1 Å².